The maximum absolute atomic E-state index is 14.1. The summed E-state index contributed by atoms with van der Waals surface area (Å²) in [5.74, 6) is 1.17. The number of nitrogens with one attached hydrogen (secondary N) is 1. The second kappa shape index (κ2) is 11.5. The normalized spacial score (nSPS) is 14.8. The number of furan rings is 1. The van der Waals surface area contributed by atoms with Gasteiger partial charge in [-0.15, -0.1) is 5.10 Å². The van der Waals surface area contributed by atoms with Gasteiger partial charge in [0.25, 0.3) is 5.91 Å². The van der Waals surface area contributed by atoms with Crippen molar-refractivity contribution in [3.63, 3.8) is 0 Å². The average Bonchev–Trinajstić information content (AvgIpc) is 3.54. The van der Waals surface area contributed by atoms with Gasteiger partial charge in [-0.3, -0.25) is 14.5 Å². The van der Waals surface area contributed by atoms with E-state index < -0.39 is 6.04 Å². The van der Waals surface area contributed by atoms with Crippen LogP contribution in [-0.4, -0.2) is 39.5 Å². The summed E-state index contributed by atoms with van der Waals surface area (Å²) in [5, 5.41) is 11.6. The Morgan fingerprint density at radius 1 is 1.08 bits per heavy atom. The molecule has 1 aliphatic rings. The van der Waals surface area contributed by atoms with Crippen molar-refractivity contribution in [2.75, 3.05) is 11.5 Å². The van der Waals surface area contributed by atoms with Crippen LogP contribution in [0.2, 0.25) is 0 Å². The van der Waals surface area contributed by atoms with Gasteiger partial charge < -0.3 is 14.5 Å². The van der Waals surface area contributed by atoms with E-state index in [0.29, 0.717) is 35.1 Å². The van der Waals surface area contributed by atoms with Crippen LogP contribution in [0, 0.1) is 6.92 Å². The molecule has 0 radical (unpaired) electrons. The Labute approximate surface area is 221 Å². The molecule has 4 aromatic rings. The minimum Gasteiger partial charge on any atom is -0.494 e. The molecule has 9 nitrogen and oxygen atoms in total. The molecule has 2 amide bonds. The maximum atomic E-state index is 14.1. The first-order valence-corrected chi connectivity index (χ1v) is 13.2. The van der Waals surface area contributed by atoms with Gasteiger partial charge in [0.1, 0.15) is 29.3 Å². The van der Waals surface area contributed by atoms with Gasteiger partial charge in [0.05, 0.1) is 12.1 Å². The van der Waals surface area contributed by atoms with Crippen molar-refractivity contribution in [2.45, 2.75) is 64.6 Å². The molecule has 2 aromatic carbocycles. The van der Waals surface area contributed by atoms with Gasteiger partial charge in [-0.25, -0.2) is 4.68 Å². The lowest BCUT2D eigenvalue weighted by atomic mass is 9.95. The van der Waals surface area contributed by atoms with Gasteiger partial charge in [-0.2, -0.15) is 0 Å². The van der Waals surface area contributed by atoms with Crippen LogP contribution in [0.1, 0.15) is 56.6 Å². The van der Waals surface area contributed by atoms with Crippen LogP contribution in [-0.2, 0) is 16.1 Å². The van der Waals surface area contributed by atoms with Gasteiger partial charge in [-0.1, -0.05) is 36.6 Å². The molecule has 1 fully saturated rings. The zero-order valence-corrected chi connectivity index (χ0v) is 21.8. The van der Waals surface area contributed by atoms with E-state index in [1.807, 2.05) is 44.2 Å². The Kier molecular flexibility index (Phi) is 7.72. The molecule has 1 saturated carbocycles. The fraction of sp³-hybridized carbons (Fsp3) is 0.379. The smallest absolute Gasteiger partial charge is 0.251 e. The van der Waals surface area contributed by atoms with Gasteiger partial charge >= 0.3 is 0 Å². The summed E-state index contributed by atoms with van der Waals surface area (Å²) < 4.78 is 13.1. The van der Waals surface area contributed by atoms with E-state index in [2.05, 4.69) is 15.6 Å². The first-order chi connectivity index (χ1) is 18.5. The van der Waals surface area contributed by atoms with E-state index >= 15 is 0 Å². The lowest BCUT2D eigenvalue weighted by molar-refractivity contribution is -0.128. The number of hydrogen-bond acceptors (Lipinski definition) is 6. The zero-order valence-electron chi connectivity index (χ0n) is 21.8. The monoisotopic (exact) mass is 515 g/mol. The molecular formula is C29H33N5O4. The molecule has 1 aliphatic carbocycles. The van der Waals surface area contributed by atoms with Crippen LogP contribution >= 0.6 is 0 Å². The SMILES string of the molecule is CCOc1ccc(N(C(=O)Cn2nnc3ccccc32)[C@@H](C(=O)NC2CCCCC2)c2ccc(C)o2)cc1. The van der Waals surface area contributed by atoms with Crippen LogP contribution in [0.25, 0.3) is 11.0 Å². The summed E-state index contributed by atoms with van der Waals surface area (Å²) in [6.07, 6.45) is 5.19. The first kappa shape index (κ1) is 25.5. The van der Waals surface area contributed by atoms with Crippen LogP contribution in [0.5, 0.6) is 5.75 Å². The second-order valence-electron chi connectivity index (χ2n) is 9.62. The number of rotatable bonds is 9. The number of carbonyl (C=O) groups is 2. The predicted octanol–water partition coefficient (Wildman–Crippen LogP) is 4.95. The number of amides is 2. The second-order valence-corrected chi connectivity index (χ2v) is 9.62. The summed E-state index contributed by atoms with van der Waals surface area (Å²) in [5.41, 5.74) is 1.99. The maximum Gasteiger partial charge on any atom is 0.251 e. The number of anilines is 1. The molecule has 0 unspecified atom stereocenters. The minimum atomic E-state index is -0.995. The number of aryl methyl sites for hydroxylation is 1. The van der Waals surface area contributed by atoms with Crippen molar-refractivity contribution >= 4 is 28.5 Å². The topological polar surface area (TPSA) is 102 Å². The predicted molar refractivity (Wildman–Crippen MR) is 144 cm³/mol. The van der Waals surface area contributed by atoms with Crippen molar-refractivity contribution in [3.8, 4) is 5.75 Å². The zero-order chi connectivity index (χ0) is 26.5. The molecule has 0 bridgehead atoms. The van der Waals surface area contributed by atoms with Crippen molar-refractivity contribution < 1.29 is 18.7 Å². The quantitative estimate of drug-likeness (QED) is 0.338. The molecule has 0 spiro atoms. The lowest BCUT2D eigenvalue weighted by Gasteiger charge is -2.32. The highest BCUT2D eigenvalue weighted by molar-refractivity contribution is 6.01. The number of para-hydroxylation sites is 1. The minimum absolute atomic E-state index is 0.0753. The number of benzene rings is 2. The third kappa shape index (κ3) is 5.56. The summed E-state index contributed by atoms with van der Waals surface area (Å²) in [6, 6.07) is 17.3. The van der Waals surface area contributed by atoms with Crippen LogP contribution in [0.4, 0.5) is 5.69 Å². The molecule has 1 N–H and O–H groups in total. The Hall–Kier alpha value is -4.14. The summed E-state index contributed by atoms with van der Waals surface area (Å²) >= 11 is 0. The highest BCUT2D eigenvalue weighted by atomic mass is 16.5. The molecule has 9 heteroatoms. The van der Waals surface area contributed by atoms with Gasteiger partial charge in [-0.05, 0) is 75.2 Å². The number of fused-ring (bicyclic) bond motifs is 1. The largest absolute Gasteiger partial charge is 0.494 e. The molecule has 1 atom stereocenters. The number of ether oxygens (including phenoxy) is 1. The van der Waals surface area contributed by atoms with E-state index in [9.17, 15) is 9.59 Å². The van der Waals surface area contributed by atoms with Crippen LogP contribution in [0.3, 0.4) is 0 Å². The van der Waals surface area contributed by atoms with Crippen LogP contribution in [0.15, 0.2) is 65.1 Å². The summed E-state index contributed by atoms with van der Waals surface area (Å²) in [4.78, 5) is 29.5. The van der Waals surface area contributed by atoms with Crippen molar-refractivity contribution in [1.29, 1.82) is 0 Å². The number of hydrogen-bond donors (Lipinski definition) is 1. The standard InChI is InChI=1S/C29H33N5O4/c1-3-37-23-16-14-22(15-17-23)34(27(35)19-33-25-12-8-7-11-24(25)31-32-33)28(26-18-13-20(2)38-26)29(36)30-21-9-5-4-6-10-21/h7-8,11-18,21,28H,3-6,9-10,19H2,1-2H3,(H,30,36)/t28-/m1/s1. The van der Waals surface area contributed by atoms with Gasteiger partial charge in [0.2, 0.25) is 5.91 Å². The van der Waals surface area contributed by atoms with Crippen molar-refractivity contribution in [2.24, 2.45) is 0 Å². The van der Waals surface area contributed by atoms with E-state index in [1.54, 1.807) is 35.0 Å². The Balaban J connectivity index is 1.53. The van der Waals surface area contributed by atoms with Crippen molar-refractivity contribution in [3.05, 3.63) is 72.2 Å². The Morgan fingerprint density at radius 2 is 1.84 bits per heavy atom. The van der Waals surface area contributed by atoms with Crippen molar-refractivity contribution in [1.82, 2.24) is 20.3 Å². The highest BCUT2D eigenvalue weighted by Gasteiger charge is 2.36. The molecule has 0 saturated heterocycles. The Bertz CT molecular complexity index is 1390. The fourth-order valence-corrected chi connectivity index (χ4v) is 5.05. The first-order valence-electron chi connectivity index (χ1n) is 13.2. The average molecular weight is 516 g/mol. The fourth-order valence-electron chi connectivity index (χ4n) is 5.05. The third-order valence-electron chi connectivity index (χ3n) is 6.89. The molecule has 198 valence electrons. The third-order valence-corrected chi connectivity index (χ3v) is 6.89. The number of carbonyl (C=O) groups excluding carboxylic acids is 2. The summed E-state index contributed by atoms with van der Waals surface area (Å²) in [7, 11) is 0. The molecule has 38 heavy (non-hydrogen) atoms. The summed E-state index contributed by atoms with van der Waals surface area (Å²) in [6.45, 7) is 4.17. The number of nitrogens with zero attached hydrogens (tertiary/aromatic N) is 4. The number of aromatic nitrogens is 3. The van der Waals surface area contributed by atoms with E-state index in [-0.39, 0.29) is 24.4 Å². The molecule has 2 aromatic heterocycles. The highest BCUT2D eigenvalue weighted by Crippen LogP contribution is 2.32. The van der Waals surface area contributed by atoms with Crippen LogP contribution < -0.4 is 15.0 Å². The van der Waals surface area contributed by atoms with Gasteiger partial charge in [0.15, 0.2) is 6.04 Å². The Morgan fingerprint density at radius 3 is 2.55 bits per heavy atom. The van der Waals surface area contributed by atoms with E-state index in [1.165, 1.54) is 11.3 Å². The molecular weight excluding hydrogens is 482 g/mol. The van der Waals surface area contributed by atoms with E-state index in [0.717, 1.165) is 31.2 Å². The lowest BCUT2D eigenvalue weighted by Crippen LogP contribution is -2.48. The van der Waals surface area contributed by atoms with E-state index in [4.69, 9.17) is 9.15 Å². The molecule has 2 heterocycles. The van der Waals surface area contributed by atoms with Gasteiger partial charge in [0, 0.05) is 11.7 Å². The molecule has 0 aliphatic heterocycles. The molecule has 5 rings (SSSR count).